The van der Waals surface area contributed by atoms with E-state index in [2.05, 4.69) is 16.1 Å². The van der Waals surface area contributed by atoms with E-state index in [1.807, 2.05) is 19.1 Å². The predicted molar refractivity (Wildman–Crippen MR) is 85.9 cm³/mol. The summed E-state index contributed by atoms with van der Waals surface area (Å²) in [4.78, 5) is 18.8. The number of carbonyl (C=O) groups excluding carboxylic acids is 1. The van der Waals surface area contributed by atoms with Crippen molar-refractivity contribution < 1.29 is 4.79 Å². The predicted octanol–water partition coefficient (Wildman–Crippen LogP) is 1.70. The quantitative estimate of drug-likeness (QED) is 0.577. The van der Waals surface area contributed by atoms with Gasteiger partial charge in [0.1, 0.15) is 0 Å². The largest absolute Gasteiger partial charge is 0.340 e. The molecule has 0 saturated carbocycles. The van der Waals surface area contributed by atoms with Gasteiger partial charge < -0.3 is 10.7 Å². The number of benzene rings is 1. The number of hydrogen-bond acceptors (Lipinski definition) is 5. The van der Waals surface area contributed by atoms with Gasteiger partial charge in [-0.3, -0.25) is 4.79 Å². The summed E-state index contributed by atoms with van der Waals surface area (Å²) >= 11 is 1.68. The third kappa shape index (κ3) is 1.97. The summed E-state index contributed by atoms with van der Waals surface area (Å²) < 4.78 is 1.16. The maximum atomic E-state index is 11.1. The Kier molecular flexibility index (Phi) is 2.90. The number of aryl methyl sites for hydroxylation is 1. The molecule has 0 atom stereocenters. The molecule has 3 heterocycles. The Bertz CT molecular complexity index is 882. The number of carbonyl (C=O) groups is 1. The van der Waals surface area contributed by atoms with Crippen LogP contribution >= 0.6 is 11.3 Å². The van der Waals surface area contributed by atoms with Crippen LogP contribution in [0.5, 0.6) is 0 Å². The summed E-state index contributed by atoms with van der Waals surface area (Å²) in [5.41, 5.74) is 4.85. The molecular formula is C15H15N5OS. The van der Waals surface area contributed by atoms with Gasteiger partial charge in [0.2, 0.25) is 6.41 Å². The van der Waals surface area contributed by atoms with Gasteiger partial charge in [-0.1, -0.05) is 6.07 Å². The number of nitrogen functional groups attached to an aromatic ring is 1. The Hall–Kier alpha value is -2.41. The van der Waals surface area contributed by atoms with Crippen LogP contribution in [0.4, 0.5) is 0 Å². The Morgan fingerprint density at radius 1 is 1.41 bits per heavy atom. The zero-order chi connectivity index (χ0) is 15.3. The van der Waals surface area contributed by atoms with Crippen molar-refractivity contribution in [3.05, 3.63) is 34.5 Å². The molecule has 1 aromatic carbocycles. The fraction of sp³-hybridized carbons (Fsp3) is 0.267. The van der Waals surface area contributed by atoms with Gasteiger partial charge in [-0.25, -0.2) is 4.98 Å². The first-order chi connectivity index (χ1) is 10.7. The molecule has 6 nitrogen and oxygen atoms in total. The number of rotatable bonds is 2. The summed E-state index contributed by atoms with van der Waals surface area (Å²) in [6, 6.07) is 6.15. The molecule has 0 radical (unpaired) electrons. The second-order valence-electron chi connectivity index (χ2n) is 5.46. The molecule has 0 spiro atoms. The van der Waals surface area contributed by atoms with E-state index in [0.29, 0.717) is 13.1 Å². The second kappa shape index (κ2) is 4.81. The molecule has 112 valence electrons. The van der Waals surface area contributed by atoms with Crippen molar-refractivity contribution in [3.8, 4) is 11.3 Å². The zero-order valence-electron chi connectivity index (χ0n) is 12.1. The van der Waals surface area contributed by atoms with Crippen LogP contribution in [-0.2, 0) is 17.8 Å². The van der Waals surface area contributed by atoms with E-state index in [9.17, 15) is 4.79 Å². The van der Waals surface area contributed by atoms with Crippen LogP contribution in [0.1, 0.15) is 16.3 Å². The van der Waals surface area contributed by atoms with Crippen molar-refractivity contribution in [2.75, 3.05) is 12.4 Å². The molecule has 22 heavy (non-hydrogen) atoms. The maximum absolute atomic E-state index is 11.1. The average molecular weight is 313 g/mol. The standard InChI is InChI=1S/C15H15N5OS/c1-9-17-12-6-10(2-3-14(12)22-9)15-11-7-19(8-21)5-4-13(11)20(16)18-15/h2-3,6,8H,4-5,7,16H2,1H3. The van der Waals surface area contributed by atoms with Crippen molar-refractivity contribution in [2.45, 2.75) is 19.9 Å². The number of nitrogens with zero attached hydrogens (tertiary/aromatic N) is 4. The van der Waals surface area contributed by atoms with Crippen LogP contribution in [0.2, 0.25) is 0 Å². The van der Waals surface area contributed by atoms with E-state index in [0.717, 1.165) is 50.6 Å². The van der Waals surface area contributed by atoms with Crippen molar-refractivity contribution in [2.24, 2.45) is 0 Å². The molecule has 0 unspecified atom stereocenters. The molecule has 0 bridgehead atoms. The lowest BCUT2D eigenvalue weighted by molar-refractivity contribution is -0.118. The summed E-state index contributed by atoms with van der Waals surface area (Å²) in [6.45, 7) is 3.24. The number of aromatic nitrogens is 3. The molecule has 1 aliphatic rings. The number of fused-ring (bicyclic) bond motifs is 2. The first-order valence-electron chi connectivity index (χ1n) is 7.08. The van der Waals surface area contributed by atoms with Gasteiger partial charge in [0.15, 0.2) is 0 Å². The highest BCUT2D eigenvalue weighted by Gasteiger charge is 2.24. The molecule has 2 aromatic heterocycles. The van der Waals surface area contributed by atoms with Crippen LogP contribution in [0, 0.1) is 6.92 Å². The molecule has 0 fully saturated rings. The fourth-order valence-corrected chi connectivity index (χ4v) is 3.79. The highest BCUT2D eigenvalue weighted by Crippen LogP contribution is 2.32. The fourth-order valence-electron chi connectivity index (χ4n) is 2.98. The first kappa shape index (κ1) is 13.3. The molecule has 1 aliphatic heterocycles. The third-order valence-corrected chi connectivity index (χ3v) is 4.98. The summed E-state index contributed by atoms with van der Waals surface area (Å²) in [7, 11) is 0. The van der Waals surface area contributed by atoms with Gasteiger partial charge in [-0.05, 0) is 19.1 Å². The minimum absolute atomic E-state index is 0.555. The molecular weight excluding hydrogens is 298 g/mol. The summed E-state index contributed by atoms with van der Waals surface area (Å²) in [6.07, 6.45) is 1.61. The molecule has 7 heteroatoms. The lowest BCUT2D eigenvalue weighted by Crippen LogP contribution is -2.31. The highest BCUT2D eigenvalue weighted by molar-refractivity contribution is 7.18. The van der Waals surface area contributed by atoms with Crippen molar-refractivity contribution >= 4 is 28.0 Å². The Morgan fingerprint density at radius 2 is 2.27 bits per heavy atom. The Balaban J connectivity index is 1.85. The second-order valence-corrected chi connectivity index (χ2v) is 6.69. The van der Waals surface area contributed by atoms with Crippen molar-refractivity contribution in [1.82, 2.24) is 19.8 Å². The van der Waals surface area contributed by atoms with Gasteiger partial charge in [-0.15, -0.1) is 11.3 Å². The van der Waals surface area contributed by atoms with E-state index in [1.165, 1.54) is 4.79 Å². The molecule has 1 amide bonds. The number of amides is 1. The summed E-state index contributed by atoms with van der Waals surface area (Å²) in [5, 5.41) is 5.52. The van der Waals surface area contributed by atoms with Crippen LogP contribution in [0.15, 0.2) is 18.2 Å². The molecule has 0 saturated heterocycles. The molecule has 2 N–H and O–H groups in total. The van der Waals surface area contributed by atoms with Crippen LogP contribution < -0.4 is 5.84 Å². The summed E-state index contributed by atoms with van der Waals surface area (Å²) in [5.74, 6) is 5.99. The third-order valence-electron chi connectivity index (χ3n) is 4.03. The maximum Gasteiger partial charge on any atom is 0.210 e. The first-order valence-corrected chi connectivity index (χ1v) is 7.90. The van der Waals surface area contributed by atoms with E-state index in [4.69, 9.17) is 5.84 Å². The van der Waals surface area contributed by atoms with Gasteiger partial charge in [0.25, 0.3) is 0 Å². The van der Waals surface area contributed by atoms with E-state index < -0.39 is 0 Å². The van der Waals surface area contributed by atoms with Gasteiger partial charge in [0.05, 0.1) is 26.6 Å². The highest BCUT2D eigenvalue weighted by atomic mass is 32.1. The van der Waals surface area contributed by atoms with Crippen LogP contribution in [0.3, 0.4) is 0 Å². The van der Waals surface area contributed by atoms with E-state index in [-0.39, 0.29) is 0 Å². The number of hydrogen-bond donors (Lipinski definition) is 1. The monoisotopic (exact) mass is 313 g/mol. The zero-order valence-corrected chi connectivity index (χ0v) is 12.9. The average Bonchev–Trinajstić information content (AvgIpc) is 3.05. The molecule has 0 aliphatic carbocycles. The minimum Gasteiger partial charge on any atom is -0.340 e. The lowest BCUT2D eigenvalue weighted by Gasteiger charge is -2.23. The molecule has 3 aromatic rings. The lowest BCUT2D eigenvalue weighted by atomic mass is 10.0. The van der Waals surface area contributed by atoms with E-state index in [1.54, 1.807) is 16.2 Å². The topological polar surface area (TPSA) is 77.0 Å². The van der Waals surface area contributed by atoms with Crippen molar-refractivity contribution in [1.29, 1.82) is 0 Å². The number of nitrogens with two attached hydrogens (primary N) is 1. The van der Waals surface area contributed by atoms with Gasteiger partial charge in [0, 0.05) is 30.6 Å². The van der Waals surface area contributed by atoms with Crippen LogP contribution in [0.25, 0.3) is 21.5 Å². The van der Waals surface area contributed by atoms with Crippen LogP contribution in [-0.4, -0.2) is 32.7 Å². The number of thiazole rings is 1. The van der Waals surface area contributed by atoms with E-state index >= 15 is 0 Å². The Labute approximate surface area is 131 Å². The SMILES string of the molecule is Cc1nc2cc(-c3nn(N)c4c3CN(C=O)CC4)ccc2s1. The minimum atomic E-state index is 0.555. The normalized spacial score (nSPS) is 14.3. The van der Waals surface area contributed by atoms with Gasteiger partial charge in [-0.2, -0.15) is 9.89 Å². The van der Waals surface area contributed by atoms with Crippen molar-refractivity contribution in [3.63, 3.8) is 0 Å². The molecule has 4 rings (SSSR count). The Morgan fingerprint density at radius 3 is 3.09 bits per heavy atom. The van der Waals surface area contributed by atoms with Gasteiger partial charge >= 0.3 is 0 Å². The smallest absolute Gasteiger partial charge is 0.210 e.